The van der Waals surface area contributed by atoms with E-state index in [1.54, 1.807) is 18.3 Å². The second-order valence-electron chi connectivity index (χ2n) is 8.64. The number of nitrogens with zero attached hydrogens (tertiary/aromatic N) is 3. The maximum Gasteiger partial charge on any atom is 0.333 e. The van der Waals surface area contributed by atoms with E-state index >= 15 is 0 Å². The second-order valence-corrected chi connectivity index (χ2v) is 9.82. The molecule has 0 aliphatic carbocycles. The molecule has 1 unspecified atom stereocenters. The molecule has 1 atom stereocenters. The second kappa shape index (κ2) is 10.9. The zero-order valence-corrected chi connectivity index (χ0v) is 20.6. The Labute approximate surface area is 216 Å². The number of imide groups is 1. The molecule has 0 radical (unpaired) electrons. The molecule has 0 bridgehead atoms. The number of hydrogen-bond donors (Lipinski definition) is 1. The van der Waals surface area contributed by atoms with Crippen molar-refractivity contribution in [1.29, 1.82) is 0 Å². The van der Waals surface area contributed by atoms with Crippen LogP contribution in [0, 0.1) is 0 Å². The number of carbonyl (C=O) groups is 2. The Bertz CT molecular complexity index is 1560. The Morgan fingerprint density at radius 2 is 1.62 bits per heavy atom. The number of ether oxygens (including phenoxy) is 1. The third kappa shape index (κ3) is 5.55. The number of fused-ring (bicyclic) bond motifs is 1. The number of amides is 2. The van der Waals surface area contributed by atoms with Crippen LogP contribution in [0.4, 0.5) is 4.79 Å². The van der Waals surface area contributed by atoms with Gasteiger partial charge in [-0.25, -0.2) is 9.78 Å². The summed E-state index contributed by atoms with van der Waals surface area (Å²) in [6.45, 7) is 0.934. The maximum absolute atomic E-state index is 13.4. The van der Waals surface area contributed by atoms with Gasteiger partial charge in [-0.15, -0.1) is 0 Å². The average Bonchev–Trinajstić information content (AvgIpc) is 3.23. The van der Waals surface area contributed by atoms with Crippen LogP contribution in [0.25, 0.3) is 11.0 Å². The van der Waals surface area contributed by atoms with Crippen molar-refractivity contribution < 1.29 is 14.3 Å². The molecule has 1 saturated heterocycles. The number of nitrogens with one attached hydrogen (secondary N) is 1. The van der Waals surface area contributed by atoms with E-state index in [1.165, 1.54) is 9.13 Å². The number of thioether (sulfide) groups is 1. The van der Waals surface area contributed by atoms with Crippen LogP contribution in [0.15, 0.2) is 82.5 Å². The summed E-state index contributed by atoms with van der Waals surface area (Å²) in [7, 11) is 0. The SMILES string of the molecule is O=C1NC(=O)C(Cc2ccc(Cn3c(=O)n(CCOCc4ccccc4)c(=O)c4cccnc43)cc2)S1. The van der Waals surface area contributed by atoms with Gasteiger partial charge in [0.25, 0.3) is 10.8 Å². The average molecular weight is 517 g/mol. The van der Waals surface area contributed by atoms with Gasteiger partial charge >= 0.3 is 5.69 Å². The fourth-order valence-corrected chi connectivity index (χ4v) is 5.07. The van der Waals surface area contributed by atoms with Crippen LogP contribution in [0.1, 0.15) is 16.7 Å². The van der Waals surface area contributed by atoms with Crippen LogP contribution in [0.5, 0.6) is 0 Å². The minimum absolute atomic E-state index is 0.119. The van der Waals surface area contributed by atoms with Gasteiger partial charge in [-0.3, -0.25) is 28.8 Å². The number of pyridine rings is 1. The predicted molar refractivity (Wildman–Crippen MR) is 141 cm³/mol. The van der Waals surface area contributed by atoms with Gasteiger partial charge in [-0.1, -0.05) is 66.4 Å². The van der Waals surface area contributed by atoms with Gasteiger partial charge in [0.2, 0.25) is 5.91 Å². The number of hydrogen-bond acceptors (Lipinski definition) is 7. The van der Waals surface area contributed by atoms with Crippen LogP contribution in [0.3, 0.4) is 0 Å². The third-order valence-electron chi connectivity index (χ3n) is 6.10. The monoisotopic (exact) mass is 516 g/mol. The normalized spacial score (nSPS) is 15.3. The summed E-state index contributed by atoms with van der Waals surface area (Å²) in [6.07, 6.45) is 1.99. The fraction of sp³-hybridized carbons (Fsp3) is 0.222. The van der Waals surface area contributed by atoms with Gasteiger partial charge in [0.05, 0.1) is 36.9 Å². The Kier molecular flexibility index (Phi) is 7.29. The summed E-state index contributed by atoms with van der Waals surface area (Å²) in [5.41, 5.74) is 2.22. The number of aromatic nitrogens is 3. The van der Waals surface area contributed by atoms with Gasteiger partial charge < -0.3 is 4.74 Å². The molecule has 9 nitrogen and oxygen atoms in total. The molecule has 0 spiro atoms. The highest BCUT2D eigenvalue weighted by Gasteiger charge is 2.31. The van der Waals surface area contributed by atoms with Gasteiger partial charge in [0.15, 0.2) is 0 Å². The Morgan fingerprint density at radius 1 is 0.865 bits per heavy atom. The van der Waals surface area contributed by atoms with Crippen molar-refractivity contribution in [2.45, 2.75) is 31.4 Å². The minimum Gasteiger partial charge on any atom is -0.375 e. The number of benzene rings is 2. The Hall–Kier alpha value is -4.02. The first kappa shape index (κ1) is 24.7. The Balaban J connectivity index is 1.35. The van der Waals surface area contributed by atoms with E-state index in [2.05, 4.69) is 10.3 Å². The van der Waals surface area contributed by atoms with Gasteiger partial charge in [0, 0.05) is 6.20 Å². The molecular weight excluding hydrogens is 492 g/mol. The van der Waals surface area contributed by atoms with Crippen LogP contribution in [-0.4, -0.2) is 37.1 Å². The third-order valence-corrected chi connectivity index (χ3v) is 7.08. The van der Waals surface area contributed by atoms with Crippen LogP contribution in [-0.2, 0) is 35.6 Å². The van der Waals surface area contributed by atoms with Gasteiger partial charge in [-0.2, -0.15) is 0 Å². The van der Waals surface area contributed by atoms with Crippen LogP contribution in [0.2, 0.25) is 0 Å². The molecule has 3 heterocycles. The highest BCUT2D eigenvalue weighted by atomic mass is 32.2. The van der Waals surface area contributed by atoms with E-state index < -0.39 is 16.5 Å². The summed E-state index contributed by atoms with van der Waals surface area (Å²) in [5.74, 6) is -0.279. The van der Waals surface area contributed by atoms with E-state index in [0.29, 0.717) is 24.1 Å². The van der Waals surface area contributed by atoms with Crippen molar-refractivity contribution in [3.63, 3.8) is 0 Å². The van der Waals surface area contributed by atoms with Gasteiger partial charge in [-0.05, 0) is 35.2 Å². The first-order valence-corrected chi connectivity index (χ1v) is 12.7. The first-order chi connectivity index (χ1) is 18.0. The molecule has 37 heavy (non-hydrogen) atoms. The molecule has 5 rings (SSSR count). The maximum atomic E-state index is 13.4. The van der Waals surface area contributed by atoms with Crippen molar-refractivity contribution in [3.05, 3.63) is 110 Å². The van der Waals surface area contributed by atoms with Crippen molar-refractivity contribution in [2.75, 3.05) is 6.61 Å². The quantitative estimate of drug-likeness (QED) is 0.341. The zero-order valence-electron chi connectivity index (χ0n) is 19.8. The lowest BCUT2D eigenvalue weighted by atomic mass is 10.1. The molecule has 2 amide bonds. The van der Waals surface area contributed by atoms with Crippen molar-refractivity contribution in [2.24, 2.45) is 0 Å². The van der Waals surface area contributed by atoms with E-state index in [-0.39, 0.29) is 30.8 Å². The van der Waals surface area contributed by atoms with Crippen molar-refractivity contribution >= 4 is 33.9 Å². The molecule has 10 heteroatoms. The summed E-state index contributed by atoms with van der Waals surface area (Å²) in [6, 6.07) is 20.5. The largest absolute Gasteiger partial charge is 0.375 e. The molecule has 188 valence electrons. The lowest BCUT2D eigenvalue weighted by Crippen LogP contribution is -2.41. The van der Waals surface area contributed by atoms with E-state index in [4.69, 9.17) is 4.74 Å². The predicted octanol–water partition coefficient (Wildman–Crippen LogP) is 2.72. The highest BCUT2D eigenvalue weighted by molar-refractivity contribution is 8.15. The number of carbonyl (C=O) groups excluding carboxylic acids is 2. The van der Waals surface area contributed by atoms with Gasteiger partial charge in [0.1, 0.15) is 5.65 Å². The topological polar surface area (TPSA) is 112 Å². The molecule has 1 aliphatic rings. The van der Waals surface area contributed by atoms with E-state index in [9.17, 15) is 19.2 Å². The molecule has 2 aromatic heterocycles. The lowest BCUT2D eigenvalue weighted by molar-refractivity contribution is -0.118. The van der Waals surface area contributed by atoms with Crippen molar-refractivity contribution in [3.8, 4) is 0 Å². The summed E-state index contributed by atoms with van der Waals surface area (Å²) >= 11 is 0.992. The standard InChI is InChI=1S/C27H24N4O5S/c32-24-22(37-26(34)29-24)15-18-8-10-19(11-9-18)16-31-23-21(7-4-12-28-23)25(33)30(27(31)35)13-14-36-17-20-5-2-1-3-6-20/h1-12,22H,13-17H2,(H,29,32,34). The molecule has 1 fully saturated rings. The molecule has 1 aliphatic heterocycles. The highest BCUT2D eigenvalue weighted by Crippen LogP contribution is 2.23. The van der Waals surface area contributed by atoms with Crippen LogP contribution < -0.4 is 16.6 Å². The minimum atomic E-state index is -0.457. The fourth-order valence-electron chi connectivity index (χ4n) is 4.21. The first-order valence-electron chi connectivity index (χ1n) is 11.8. The molecule has 1 N–H and O–H groups in total. The van der Waals surface area contributed by atoms with E-state index in [0.717, 1.165) is 28.5 Å². The van der Waals surface area contributed by atoms with E-state index in [1.807, 2.05) is 54.6 Å². The summed E-state index contributed by atoms with van der Waals surface area (Å²) < 4.78 is 8.39. The lowest BCUT2D eigenvalue weighted by Gasteiger charge is -2.14. The summed E-state index contributed by atoms with van der Waals surface area (Å²) in [4.78, 5) is 54.0. The van der Waals surface area contributed by atoms with Crippen molar-refractivity contribution in [1.82, 2.24) is 19.4 Å². The number of rotatable bonds is 9. The van der Waals surface area contributed by atoms with Crippen LogP contribution >= 0.6 is 11.8 Å². The molecule has 4 aromatic rings. The zero-order chi connectivity index (χ0) is 25.8. The molecule has 2 aromatic carbocycles. The molecule has 0 saturated carbocycles. The summed E-state index contributed by atoms with van der Waals surface area (Å²) in [5, 5.41) is 1.88. The molecular formula is C27H24N4O5S. The smallest absolute Gasteiger partial charge is 0.333 e. The Morgan fingerprint density at radius 3 is 2.35 bits per heavy atom.